The Morgan fingerprint density at radius 3 is 2.73 bits per heavy atom. The first-order valence-electron chi connectivity index (χ1n) is 7.87. The van der Waals surface area contributed by atoms with Gasteiger partial charge in [0.15, 0.2) is 0 Å². The quantitative estimate of drug-likeness (QED) is 0.844. The molecule has 2 rings (SSSR count). The summed E-state index contributed by atoms with van der Waals surface area (Å²) in [6, 6.07) is 2.10. The summed E-state index contributed by atoms with van der Waals surface area (Å²) in [6.07, 6.45) is 5.22. The number of primary amides is 1. The van der Waals surface area contributed by atoms with Gasteiger partial charge in [-0.05, 0) is 44.4 Å². The molecule has 0 aromatic carbocycles. The van der Waals surface area contributed by atoms with E-state index in [0.717, 1.165) is 18.5 Å². The third-order valence-electron chi connectivity index (χ3n) is 4.37. The molecule has 0 radical (unpaired) electrons. The van der Waals surface area contributed by atoms with E-state index in [4.69, 9.17) is 5.73 Å². The normalized spacial score (nSPS) is 18.3. The van der Waals surface area contributed by atoms with E-state index in [1.54, 1.807) is 11.0 Å². The lowest BCUT2D eigenvalue weighted by Gasteiger charge is -2.13. The predicted octanol–water partition coefficient (Wildman–Crippen LogP) is 1.86. The Kier molecular flexibility index (Phi) is 5.06. The minimum absolute atomic E-state index is 0.0518. The number of rotatable bonds is 5. The van der Waals surface area contributed by atoms with E-state index >= 15 is 0 Å². The van der Waals surface area contributed by atoms with Crippen LogP contribution in [0, 0.1) is 19.8 Å². The van der Waals surface area contributed by atoms with Crippen molar-refractivity contribution in [3.63, 3.8) is 0 Å². The van der Waals surface area contributed by atoms with Crippen LogP contribution in [0.1, 0.15) is 36.7 Å². The number of aromatic nitrogens is 1. The van der Waals surface area contributed by atoms with E-state index in [1.165, 1.54) is 11.4 Å². The average molecular weight is 303 g/mol. The number of nitrogens with two attached hydrogens (primary N) is 1. The van der Waals surface area contributed by atoms with Gasteiger partial charge in [-0.3, -0.25) is 9.59 Å². The standard InChI is InChI=1S/C17H25N3O2/c1-4-8-20-12(2)10-14(13(20)3)5-6-16(21)19-9-7-15(11-19)17(18)22/h5-6,10,15H,4,7-9,11H2,1-3H3,(H2,18,22). The number of amides is 2. The zero-order valence-electron chi connectivity index (χ0n) is 13.6. The van der Waals surface area contributed by atoms with Crippen molar-refractivity contribution < 1.29 is 9.59 Å². The third-order valence-corrected chi connectivity index (χ3v) is 4.37. The molecule has 0 saturated carbocycles. The zero-order chi connectivity index (χ0) is 16.3. The number of carbonyl (C=O) groups is 2. The second-order valence-electron chi connectivity index (χ2n) is 5.98. The Morgan fingerprint density at radius 1 is 1.41 bits per heavy atom. The van der Waals surface area contributed by atoms with E-state index in [2.05, 4.69) is 31.4 Å². The molecule has 1 saturated heterocycles. The minimum atomic E-state index is -0.317. The largest absolute Gasteiger partial charge is 0.369 e. The molecule has 22 heavy (non-hydrogen) atoms. The van der Waals surface area contributed by atoms with Gasteiger partial charge in [0.1, 0.15) is 0 Å². The van der Waals surface area contributed by atoms with E-state index in [1.807, 2.05) is 6.08 Å². The topological polar surface area (TPSA) is 68.3 Å². The highest BCUT2D eigenvalue weighted by molar-refractivity contribution is 5.92. The van der Waals surface area contributed by atoms with Gasteiger partial charge in [0.25, 0.3) is 0 Å². The Bertz CT molecular complexity index is 601. The SMILES string of the molecule is CCCn1c(C)cc(C=CC(=O)N2CCC(C(N)=O)C2)c1C. The van der Waals surface area contributed by atoms with Gasteiger partial charge in [0.2, 0.25) is 11.8 Å². The highest BCUT2D eigenvalue weighted by atomic mass is 16.2. The Morgan fingerprint density at radius 2 is 2.14 bits per heavy atom. The molecule has 1 fully saturated rings. The summed E-state index contributed by atoms with van der Waals surface area (Å²) in [5, 5.41) is 0. The van der Waals surface area contributed by atoms with Crippen molar-refractivity contribution in [2.24, 2.45) is 11.7 Å². The summed E-state index contributed by atoms with van der Waals surface area (Å²) in [5.74, 6) is -0.571. The van der Waals surface area contributed by atoms with Crippen LogP contribution in [-0.2, 0) is 16.1 Å². The van der Waals surface area contributed by atoms with E-state index in [9.17, 15) is 9.59 Å². The van der Waals surface area contributed by atoms with Gasteiger partial charge in [-0.15, -0.1) is 0 Å². The van der Waals surface area contributed by atoms with Gasteiger partial charge >= 0.3 is 0 Å². The van der Waals surface area contributed by atoms with Crippen molar-refractivity contribution in [3.05, 3.63) is 29.1 Å². The molecule has 5 nitrogen and oxygen atoms in total. The van der Waals surface area contributed by atoms with Crippen molar-refractivity contribution >= 4 is 17.9 Å². The van der Waals surface area contributed by atoms with Gasteiger partial charge in [-0.25, -0.2) is 0 Å². The Hall–Kier alpha value is -2.04. The summed E-state index contributed by atoms with van der Waals surface area (Å²) in [4.78, 5) is 25.0. The molecule has 2 heterocycles. The summed E-state index contributed by atoms with van der Waals surface area (Å²) in [6.45, 7) is 8.34. The van der Waals surface area contributed by atoms with E-state index in [0.29, 0.717) is 19.5 Å². The van der Waals surface area contributed by atoms with Crippen molar-refractivity contribution in [1.82, 2.24) is 9.47 Å². The summed E-state index contributed by atoms with van der Waals surface area (Å²) in [5.41, 5.74) is 8.76. The lowest BCUT2D eigenvalue weighted by molar-refractivity contribution is -0.125. The van der Waals surface area contributed by atoms with Gasteiger partial charge in [-0.2, -0.15) is 0 Å². The molecular weight excluding hydrogens is 278 g/mol. The maximum Gasteiger partial charge on any atom is 0.246 e. The van der Waals surface area contributed by atoms with Crippen molar-refractivity contribution in [1.29, 1.82) is 0 Å². The number of hydrogen-bond acceptors (Lipinski definition) is 2. The van der Waals surface area contributed by atoms with Gasteiger partial charge < -0.3 is 15.2 Å². The molecule has 1 unspecified atom stereocenters. The maximum absolute atomic E-state index is 12.2. The monoisotopic (exact) mass is 303 g/mol. The van der Waals surface area contributed by atoms with Crippen LogP contribution in [0.4, 0.5) is 0 Å². The maximum atomic E-state index is 12.2. The van der Waals surface area contributed by atoms with Crippen LogP contribution < -0.4 is 5.73 Å². The summed E-state index contributed by atoms with van der Waals surface area (Å²) < 4.78 is 2.27. The first kappa shape index (κ1) is 16.3. The predicted molar refractivity (Wildman–Crippen MR) is 87.1 cm³/mol. The van der Waals surface area contributed by atoms with Crippen LogP contribution in [-0.4, -0.2) is 34.4 Å². The summed E-state index contributed by atoms with van der Waals surface area (Å²) >= 11 is 0. The Balaban J connectivity index is 2.05. The number of nitrogens with zero attached hydrogens (tertiary/aromatic N) is 2. The van der Waals surface area contributed by atoms with Crippen LogP contribution in [0.25, 0.3) is 6.08 Å². The van der Waals surface area contributed by atoms with Gasteiger partial charge in [0.05, 0.1) is 5.92 Å². The van der Waals surface area contributed by atoms with Crippen molar-refractivity contribution in [2.45, 2.75) is 40.2 Å². The van der Waals surface area contributed by atoms with E-state index < -0.39 is 0 Å². The zero-order valence-corrected chi connectivity index (χ0v) is 13.6. The second-order valence-corrected chi connectivity index (χ2v) is 5.98. The lowest BCUT2D eigenvalue weighted by atomic mass is 10.1. The smallest absolute Gasteiger partial charge is 0.246 e. The Labute approximate surface area is 131 Å². The molecule has 1 atom stereocenters. The fraction of sp³-hybridized carbons (Fsp3) is 0.529. The molecule has 2 amide bonds. The van der Waals surface area contributed by atoms with Gasteiger partial charge in [0, 0.05) is 37.1 Å². The second kappa shape index (κ2) is 6.81. The molecule has 5 heteroatoms. The van der Waals surface area contributed by atoms with Crippen LogP contribution in [0.3, 0.4) is 0 Å². The van der Waals surface area contributed by atoms with Crippen LogP contribution in [0.15, 0.2) is 12.1 Å². The molecule has 0 bridgehead atoms. The number of carbonyl (C=O) groups excluding carboxylic acids is 2. The molecule has 1 aromatic rings. The van der Waals surface area contributed by atoms with Crippen LogP contribution >= 0.6 is 0 Å². The van der Waals surface area contributed by atoms with Gasteiger partial charge in [-0.1, -0.05) is 6.92 Å². The van der Waals surface area contributed by atoms with Crippen molar-refractivity contribution in [3.8, 4) is 0 Å². The average Bonchev–Trinajstić information content (AvgIpc) is 3.06. The molecule has 1 aliphatic rings. The van der Waals surface area contributed by atoms with Crippen molar-refractivity contribution in [2.75, 3.05) is 13.1 Å². The molecular formula is C17H25N3O2. The first-order chi connectivity index (χ1) is 10.4. The fourth-order valence-corrected chi connectivity index (χ4v) is 3.02. The minimum Gasteiger partial charge on any atom is -0.369 e. The molecule has 0 spiro atoms. The molecule has 1 aliphatic heterocycles. The number of hydrogen-bond donors (Lipinski definition) is 1. The summed E-state index contributed by atoms with van der Waals surface area (Å²) in [7, 11) is 0. The first-order valence-corrected chi connectivity index (χ1v) is 7.87. The fourth-order valence-electron chi connectivity index (χ4n) is 3.02. The molecule has 120 valence electrons. The highest BCUT2D eigenvalue weighted by Gasteiger charge is 2.28. The molecule has 0 aliphatic carbocycles. The molecule has 2 N–H and O–H groups in total. The number of aryl methyl sites for hydroxylation is 1. The van der Waals surface area contributed by atoms with Crippen LogP contribution in [0.2, 0.25) is 0 Å². The lowest BCUT2D eigenvalue weighted by Crippen LogP contribution is -2.30. The number of likely N-dealkylation sites (tertiary alicyclic amines) is 1. The third kappa shape index (κ3) is 3.40. The molecule has 1 aromatic heterocycles. The van der Waals surface area contributed by atoms with Crippen LogP contribution in [0.5, 0.6) is 0 Å². The highest BCUT2D eigenvalue weighted by Crippen LogP contribution is 2.19. The van der Waals surface area contributed by atoms with E-state index in [-0.39, 0.29) is 17.7 Å².